The molecule has 0 atom stereocenters. The number of alkyl halides is 1. The van der Waals surface area contributed by atoms with Crippen LogP contribution in [0.1, 0.15) is 12.8 Å². The Bertz CT molecular complexity index is 952. The minimum Gasteiger partial charge on any atom is -0.447 e. The molecule has 1 aromatic heterocycles. The number of benzene rings is 1. The number of hydrogen-bond acceptors (Lipinski definition) is 6. The van der Waals surface area contributed by atoms with E-state index in [1.807, 2.05) is 4.90 Å². The lowest BCUT2D eigenvalue weighted by molar-refractivity contribution is -0.129. The van der Waals surface area contributed by atoms with Crippen molar-refractivity contribution in [2.75, 3.05) is 41.8 Å². The van der Waals surface area contributed by atoms with Crippen molar-refractivity contribution in [2.45, 2.75) is 18.9 Å². The van der Waals surface area contributed by atoms with Crippen molar-refractivity contribution in [2.24, 2.45) is 0 Å². The van der Waals surface area contributed by atoms with Crippen molar-refractivity contribution in [1.29, 1.82) is 0 Å². The van der Waals surface area contributed by atoms with Gasteiger partial charge in [-0.1, -0.05) is 28.1 Å². The fourth-order valence-corrected chi connectivity index (χ4v) is 3.98. The molecule has 10 heteroatoms. The predicted molar refractivity (Wildman–Crippen MR) is 113 cm³/mol. The van der Waals surface area contributed by atoms with Gasteiger partial charge in [-0.15, -0.1) is 0 Å². The Morgan fingerprint density at radius 2 is 2.10 bits per heavy atom. The van der Waals surface area contributed by atoms with Crippen LogP contribution >= 0.6 is 15.9 Å². The second-order valence-corrected chi connectivity index (χ2v) is 7.70. The van der Waals surface area contributed by atoms with E-state index < -0.39 is 11.9 Å². The van der Waals surface area contributed by atoms with E-state index in [4.69, 9.17) is 4.74 Å². The van der Waals surface area contributed by atoms with Gasteiger partial charge in [0.1, 0.15) is 12.3 Å². The molecule has 1 aromatic carbocycles. The van der Waals surface area contributed by atoms with Crippen LogP contribution in [0.15, 0.2) is 30.5 Å². The topological polar surface area (TPSA) is 87.7 Å². The van der Waals surface area contributed by atoms with Crippen molar-refractivity contribution in [1.82, 2.24) is 14.9 Å². The Morgan fingerprint density at radius 1 is 1.30 bits per heavy atom. The summed E-state index contributed by atoms with van der Waals surface area (Å²) >= 11 is 3.19. The summed E-state index contributed by atoms with van der Waals surface area (Å²) < 4.78 is 19.5. The van der Waals surface area contributed by atoms with Gasteiger partial charge < -0.3 is 15.0 Å². The first kappa shape index (κ1) is 20.5. The molecule has 0 aliphatic carbocycles. The molecule has 0 saturated carbocycles. The van der Waals surface area contributed by atoms with E-state index in [0.29, 0.717) is 48.8 Å². The molecule has 158 valence electrons. The van der Waals surface area contributed by atoms with Gasteiger partial charge in [0.15, 0.2) is 5.82 Å². The van der Waals surface area contributed by atoms with Gasteiger partial charge >= 0.3 is 6.09 Å². The standard InChI is InChI=1S/C20H21BrFN5O3/c21-11-17(28)26-6-4-14(5-7-26)24-19-23-12-16(22)18(25-19)13-2-1-3-15(10-13)27-8-9-30-20(27)29/h1-3,10,12,14H,4-9,11H2,(H,23,24,25). The van der Waals surface area contributed by atoms with Gasteiger partial charge in [-0.25, -0.2) is 19.2 Å². The fourth-order valence-electron chi connectivity index (χ4n) is 3.63. The molecule has 0 bridgehead atoms. The number of rotatable bonds is 5. The maximum atomic E-state index is 14.5. The van der Waals surface area contributed by atoms with Gasteiger partial charge in [0.2, 0.25) is 11.9 Å². The second-order valence-electron chi connectivity index (χ2n) is 7.14. The van der Waals surface area contributed by atoms with Crippen molar-refractivity contribution in [3.63, 3.8) is 0 Å². The second kappa shape index (κ2) is 8.95. The molecule has 0 spiro atoms. The highest BCUT2D eigenvalue weighted by atomic mass is 79.9. The molecule has 2 aliphatic heterocycles. The third-order valence-electron chi connectivity index (χ3n) is 5.23. The van der Waals surface area contributed by atoms with E-state index in [1.165, 1.54) is 4.90 Å². The number of likely N-dealkylation sites (tertiary alicyclic amines) is 1. The number of carbonyl (C=O) groups is 2. The lowest BCUT2D eigenvalue weighted by Crippen LogP contribution is -2.43. The van der Waals surface area contributed by atoms with Crippen molar-refractivity contribution in [3.8, 4) is 11.3 Å². The van der Waals surface area contributed by atoms with Crippen molar-refractivity contribution >= 4 is 39.6 Å². The molecule has 3 heterocycles. The summed E-state index contributed by atoms with van der Waals surface area (Å²) in [5, 5.41) is 3.57. The highest BCUT2D eigenvalue weighted by Crippen LogP contribution is 2.27. The van der Waals surface area contributed by atoms with Crippen LogP contribution in [0.25, 0.3) is 11.3 Å². The Hall–Kier alpha value is -2.75. The molecule has 2 aliphatic rings. The molecule has 0 unspecified atom stereocenters. The highest BCUT2D eigenvalue weighted by Gasteiger charge is 2.25. The quantitative estimate of drug-likeness (QED) is 0.665. The predicted octanol–water partition coefficient (Wildman–Crippen LogP) is 3.04. The van der Waals surface area contributed by atoms with E-state index in [0.717, 1.165) is 19.0 Å². The average molecular weight is 478 g/mol. The SMILES string of the molecule is O=C(CBr)N1CCC(Nc2ncc(F)c(-c3cccc(N4CCOC4=O)c3)n2)CC1. The Balaban J connectivity index is 1.49. The summed E-state index contributed by atoms with van der Waals surface area (Å²) in [6.45, 7) is 2.10. The average Bonchev–Trinajstić information content (AvgIpc) is 3.21. The molecular formula is C20H21BrFN5O3. The number of cyclic esters (lactones) is 1. The largest absolute Gasteiger partial charge is 0.447 e. The Morgan fingerprint density at radius 3 is 2.80 bits per heavy atom. The van der Waals surface area contributed by atoms with Crippen LogP contribution in [0.4, 0.5) is 20.8 Å². The van der Waals surface area contributed by atoms with E-state index in [2.05, 4.69) is 31.2 Å². The number of carbonyl (C=O) groups excluding carboxylic acids is 2. The fraction of sp³-hybridized carbons (Fsp3) is 0.400. The molecule has 8 nitrogen and oxygen atoms in total. The summed E-state index contributed by atoms with van der Waals surface area (Å²) in [5.41, 5.74) is 1.34. The van der Waals surface area contributed by atoms with Crippen LogP contribution in [0.2, 0.25) is 0 Å². The summed E-state index contributed by atoms with van der Waals surface area (Å²) in [6, 6.07) is 7.09. The maximum Gasteiger partial charge on any atom is 0.414 e. The first-order valence-corrected chi connectivity index (χ1v) is 10.8. The lowest BCUT2D eigenvalue weighted by atomic mass is 10.1. The molecule has 2 aromatic rings. The zero-order chi connectivity index (χ0) is 21.1. The molecule has 4 rings (SSSR count). The number of nitrogens with one attached hydrogen (secondary N) is 1. The van der Waals surface area contributed by atoms with E-state index in [9.17, 15) is 14.0 Å². The molecule has 1 N–H and O–H groups in total. The van der Waals surface area contributed by atoms with Crippen LogP contribution in [0, 0.1) is 5.82 Å². The van der Waals surface area contributed by atoms with Crippen LogP contribution in [-0.2, 0) is 9.53 Å². The number of aromatic nitrogens is 2. The van der Waals surface area contributed by atoms with Crippen LogP contribution in [0.3, 0.4) is 0 Å². The van der Waals surface area contributed by atoms with Gasteiger partial charge in [-0.05, 0) is 25.0 Å². The highest BCUT2D eigenvalue weighted by molar-refractivity contribution is 9.09. The van der Waals surface area contributed by atoms with Gasteiger partial charge in [0, 0.05) is 30.4 Å². The monoisotopic (exact) mass is 477 g/mol. The van der Waals surface area contributed by atoms with Crippen LogP contribution in [0.5, 0.6) is 0 Å². The molecular weight excluding hydrogens is 457 g/mol. The normalized spacial score (nSPS) is 17.2. The summed E-state index contributed by atoms with van der Waals surface area (Å²) in [4.78, 5) is 35.4. The number of hydrogen-bond donors (Lipinski definition) is 1. The van der Waals surface area contributed by atoms with E-state index in [1.54, 1.807) is 24.3 Å². The zero-order valence-corrected chi connectivity index (χ0v) is 17.8. The summed E-state index contributed by atoms with van der Waals surface area (Å²) in [5.74, 6) is -0.127. The molecule has 30 heavy (non-hydrogen) atoms. The van der Waals surface area contributed by atoms with Gasteiger partial charge in [0.05, 0.1) is 18.1 Å². The molecule has 2 amide bonds. The van der Waals surface area contributed by atoms with Gasteiger partial charge in [-0.2, -0.15) is 0 Å². The maximum absolute atomic E-state index is 14.5. The molecule has 0 radical (unpaired) electrons. The zero-order valence-electron chi connectivity index (χ0n) is 16.2. The van der Waals surface area contributed by atoms with E-state index in [-0.39, 0.29) is 17.6 Å². The summed E-state index contributed by atoms with van der Waals surface area (Å²) in [7, 11) is 0. The molecule has 2 saturated heterocycles. The number of amides is 2. The first-order valence-electron chi connectivity index (χ1n) is 9.72. The number of piperidine rings is 1. The molecule has 2 fully saturated rings. The minimum absolute atomic E-state index is 0.0792. The first-order chi connectivity index (χ1) is 14.5. The Kier molecular flexibility index (Phi) is 6.12. The van der Waals surface area contributed by atoms with E-state index >= 15 is 0 Å². The minimum atomic E-state index is -0.542. The van der Waals surface area contributed by atoms with Crippen LogP contribution < -0.4 is 10.2 Å². The van der Waals surface area contributed by atoms with Crippen molar-refractivity contribution in [3.05, 3.63) is 36.3 Å². The number of ether oxygens (including phenoxy) is 1. The van der Waals surface area contributed by atoms with Gasteiger partial charge in [0.25, 0.3) is 0 Å². The Labute approximate surface area is 181 Å². The number of anilines is 2. The summed E-state index contributed by atoms with van der Waals surface area (Å²) in [6.07, 6.45) is 2.26. The third kappa shape index (κ3) is 4.38. The number of halogens is 2. The lowest BCUT2D eigenvalue weighted by Gasteiger charge is -2.32. The van der Waals surface area contributed by atoms with Crippen molar-refractivity contribution < 1.29 is 18.7 Å². The number of nitrogens with zero attached hydrogens (tertiary/aromatic N) is 4. The third-order valence-corrected chi connectivity index (χ3v) is 5.71. The van der Waals surface area contributed by atoms with Crippen LogP contribution in [-0.4, -0.2) is 64.5 Å². The van der Waals surface area contributed by atoms with Gasteiger partial charge in [-0.3, -0.25) is 9.69 Å². The smallest absolute Gasteiger partial charge is 0.414 e.